The van der Waals surface area contributed by atoms with Crippen LogP contribution in [0.2, 0.25) is 0 Å². The molecule has 0 heterocycles. The minimum Gasteiger partial charge on any atom is -0.0654 e. The Balaban J connectivity index is 4.42. The van der Waals surface area contributed by atoms with Gasteiger partial charge in [0.05, 0.1) is 0 Å². The third kappa shape index (κ3) is 49.1. The van der Waals surface area contributed by atoms with Gasteiger partial charge < -0.3 is 0 Å². The van der Waals surface area contributed by atoms with Crippen LogP contribution in [-0.2, 0) is 25.6 Å². The molecule has 61 heavy (non-hydrogen) atoms. The molecule has 0 saturated carbocycles. The zero-order valence-electron chi connectivity index (χ0n) is 40.6. The molecule has 0 radical (unpaired) electrons. The quantitative estimate of drug-likeness (QED) is 0.0344. The van der Waals surface area contributed by atoms with E-state index >= 15 is 0 Å². The van der Waals surface area contributed by atoms with Crippen LogP contribution in [0.5, 0.6) is 0 Å². The van der Waals surface area contributed by atoms with E-state index in [1.165, 1.54) is 154 Å². The molecule has 0 atom stereocenters. The van der Waals surface area contributed by atoms with Gasteiger partial charge in [0.1, 0.15) is 0 Å². The van der Waals surface area contributed by atoms with E-state index in [9.17, 15) is 14.4 Å². The second-order valence-electron chi connectivity index (χ2n) is 17.6. The van der Waals surface area contributed by atoms with Crippen LogP contribution in [0.3, 0.4) is 0 Å². The van der Waals surface area contributed by atoms with Crippen LogP contribution in [0.1, 0.15) is 290 Å². The monoisotopic (exact) mass is 919 g/mol. The van der Waals surface area contributed by atoms with Gasteiger partial charge in [0.25, 0.3) is 0 Å². The second kappa shape index (κ2) is 50.8. The topological polar surface area (TPSA) is 78.9 Å². The molecule has 0 N–H and O–H groups in total. The summed E-state index contributed by atoms with van der Waals surface area (Å²) in [6, 6.07) is 0. The van der Waals surface area contributed by atoms with Gasteiger partial charge in [-0.25, -0.2) is 0 Å². The van der Waals surface area contributed by atoms with Crippen molar-refractivity contribution in [1.29, 1.82) is 0 Å². The van der Waals surface area contributed by atoms with Gasteiger partial charge >= 0.3 is 250 Å². The maximum absolute atomic E-state index is 12.8. The van der Waals surface area contributed by atoms with Crippen LogP contribution in [0.15, 0.2) is 36.5 Å². The van der Waals surface area contributed by atoms with Gasteiger partial charge in [-0.05, 0) is 19.3 Å². The number of carbonyl (C=O) groups is 3. The van der Waals surface area contributed by atoms with E-state index in [-0.39, 0.29) is 19.3 Å². The predicted octanol–water partition coefficient (Wildman–Crippen LogP) is 17.7. The molecule has 0 aliphatic carbocycles. The third-order valence-corrected chi connectivity index (χ3v) is 13.7. The van der Waals surface area contributed by atoms with E-state index in [4.69, 9.17) is 11.2 Å². The van der Waals surface area contributed by atoms with Gasteiger partial charge in [0, 0.05) is 0 Å². The summed E-state index contributed by atoms with van der Waals surface area (Å²) >= 11 is -3.35. The normalized spacial score (nSPS) is 11.8. The van der Waals surface area contributed by atoms with Crippen molar-refractivity contribution in [3.05, 3.63) is 36.5 Å². The van der Waals surface area contributed by atoms with Crippen LogP contribution in [-0.4, -0.2) is 33.6 Å². The smallest absolute Gasteiger partial charge is 0.0654 e. The zero-order chi connectivity index (χ0) is 44.4. The molecule has 0 unspecified atom stereocenters. The molecule has 0 spiro atoms. The molecule has 356 valence electrons. The summed E-state index contributed by atoms with van der Waals surface area (Å²) in [6.07, 6.45) is 61.1. The standard InChI is InChI=1S/C54H99AsO6/c1-4-7-10-13-16-19-22-25-28-31-34-37-40-43-46-49-52(56)59-55(60-53(57)50-47-44-41-38-35-32-29-26-23-20-17-14-11-8-5-2)61-54(58)51-48-45-42-39-36-33-30-27-24-21-18-15-12-9-6-3/h25-30H,4-24,31-51H2,1-3H3/b28-25-,29-26-,30-27-. The summed E-state index contributed by atoms with van der Waals surface area (Å²) in [7, 11) is 0. The average molecular weight is 919 g/mol. The fourth-order valence-corrected chi connectivity index (χ4v) is 9.32. The van der Waals surface area contributed by atoms with Crippen molar-refractivity contribution in [3.8, 4) is 0 Å². The Morgan fingerprint density at radius 1 is 0.279 bits per heavy atom. The number of hydrogen-bond acceptors (Lipinski definition) is 6. The molecule has 0 aromatic carbocycles. The van der Waals surface area contributed by atoms with Crippen molar-refractivity contribution >= 4 is 33.6 Å². The Hall–Kier alpha value is -1.81. The Bertz CT molecular complexity index is 910. The first-order valence-electron chi connectivity index (χ1n) is 26.4. The summed E-state index contributed by atoms with van der Waals surface area (Å²) in [6.45, 7) is 6.78. The fraction of sp³-hybridized carbons (Fsp3) is 0.833. The van der Waals surface area contributed by atoms with Crippen molar-refractivity contribution in [2.75, 3.05) is 0 Å². The van der Waals surface area contributed by atoms with E-state index in [2.05, 4.69) is 57.2 Å². The fourth-order valence-electron chi connectivity index (χ4n) is 7.46. The molecular formula is C54H99AsO6. The van der Waals surface area contributed by atoms with E-state index in [0.29, 0.717) is 0 Å². The van der Waals surface area contributed by atoms with Gasteiger partial charge in [-0.2, -0.15) is 0 Å². The number of rotatable bonds is 48. The minimum atomic E-state index is -3.35. The van der Waals surface area contributed by atoms with Gasteiger partial charge in [-0.15, -0.1) is 0 Å². The van der Waals surface area contributed by atoms with Crippen molar-refractivity contribution in [1.82, 2.24) is 0 Å². The van der Waals surface area contributed by atoms with Gasteiger partial charge in [-0.1, -0.05) is 117 Å². The van der Waals surface area contributed by atoms with Gasteiger partial charge in [0.15, 0.2) is 0 Å². The number of hydrogen-bond donors (Lipinski definition) is 0. The first-order valence-corrected chi connectivity index (χ1v) is 28.7. The summed E-state index contributed by atoms with van der Waals surface area (Å²) in [5.41, 5.74) is 0. The number of unbranched alkanes of at least 4 members (excludes halogenated alkanes) is 33. The van der Waals surface area contributed by atoms with E-state index in [1.54, 1.807) is 0 Å². The molecule has 0 amide bonds. The Kier molecular flexibility index (Phi) is 49.3. The van der Waals surface area contributed by atoms with E-state index in [1.807, 2.05) is 0 Å². The van der Waals surface area contributed by atoms with Crippen LogP contribution in [0.25, 0.3) is 0 Å². The van der Waals surface area contributed by atoms with Crippen molar-refractivity contribution in [2.45, 2.75) is 290 Å². The average Bonchev–Trinajstić information content (AvgIpc) is 3.25. The molecule has 0 bridgehead atoms. The molecule has 0 fully saturated rings. The molecule has 0 aliphatic heterocycles. The molecule has 0 saturated heterocycles. The van der Waals surface area contributed by atoms with Crippen molar-refractivity contribution in [3.63, 3.8) is 0 Å². The predicted molar refractivity (Wildman–Crippen MR) is 262 cm³/mol. The third-order valence-electron chi connectivity index (χ3n) is 11.5. The Morgan fingerprint density at radius 2 is 0.459 bits per heavy atom. The summed E-state index contributed by atoms with van der Waals surface area (Å²) in [5, 5.41) is 0. The molecular weight excluding hydrogens is 820 g/mol. The van der Waals surface area contributed by atoms with Crippen molar-refractivity contribution in [2.24, 2.45) is 0 Å². The van der Waals surface area contributed by atoms with E-state index in [0.717, 1.165) is 96.3 Å². The second-order valence-corrected chi connectivity index (χ2v) is 19.7. The van der Waals surface area contributed by atoms with Crippen molar-refractivity contribution < 1.29 is 25.6 Å². The molecule has 0 aliphatic rings. The zero-order valence-corrected chi connectivity index (χ0v) is 42.4. The first-order chi connectivity index (χ1) is 30.0. The van der Waals surface area contributed by atoms with Gasteiger partial charge in [0.2, 0.25) is 0 Å². The Morgan fingerprint density at radius 3 is 0.672 bits per heavy atom. The maximum atomic E-state index is 12.8. The van der Waals surface area contributed by atoms with Crippen LogP contribution >= 0.6 is 0 Å². The first kappa shape index (κ1) is 59.2. The molecule has 6 nitrogen and oxygen atoms in total. The summed E-state index contributed by atoms with van der Waals surface area (Å²) in [5.74, 6) is -1.29. The minimum absolute atomic E-state index is 0.251. The molecule has 0 aromatic rings. The molecule has 0 rings (SSSR count). The number of carbonyl (C=O) groups excluding carboxylic acids is 3. The van der Waals surface area contributed by atoms with E-state index < -0.39 is 33.6 Å². The van der Waals surface area contributed by atoms with Gasteiger partial charge in [-0.3, -0.25) is 0 Å². The molecule has 7 heteroatoms. The van der Waals surface area contributed by atoms with Crippen LogP contribution in [0, 0.1) is 0 Å². The number of allylic oxidation sites excluding steroid dienone is 6. The van der Waals surface area contributed by atoms with Crippen LogP contribution < -0.4 is 0 Å². The summed E-state index contributed by atoms with van der Waals surface area (Å²) in [4.78, 5) is 38.3. The van der Waals surface area contributed by atoms with Crippen LogP contribution in [0.4, 0.5) is 0 Å². The summed E-state index contributed by atoms with van der Waals surface area (Å²) < 4.78 is 16.7. The SMILES string of the molecule is CCCCCCCC/C=C\CCCCCCCC(=O)O[As](OC(=O)CCCCCCC/C=C\CCCCCCCC)OC(=O)CCCCCCC/C=C\CCCCCCCC. The Labute approximate surface area is 384 Å². The molecule has 0 aromatic heterocycles.